The lowest BCUT2D eigenvalue weighted by atomic mass is 10.1. The Bertz CT molecular complexity index is 592. The molecule has 0 aliphatic carbocycles. The summed E-state index contributed by atoms with van der Waals surface area (Å²) in [5.41, 5.74) is 1.56. The second-order valence-electron chi connectivity index (χ2n) is 4.65. The molecule has 0 aliphatic heterocycles. The maximum atomic E-state index is 13.8. The van der Waals surface area contributed by atoms with Gasteiger partial charge in [0.15, 0.2) is 0 Å². The second kappa shape index (κ2) is 5.20. The first-order chi connectivity index (χ1) is 8.49. The molecular formula is C13H17FN2OS. The first kappa shape index (κ1) is 13.2. The van der Waals surface area contributed by atoms with Crippen LogP contribution in [0.2, 0.25) is 0 Å². The van der Waals surface area contributed by atoms with Crippen molar-refractivity contribution in [2.24, 2.45) is 0 Å². The zero-order valence-electron chi connectivity index (χ0n) is 10.8. The molecule has 98 valence electrons. The average molecular weight is 268 g/mol. The largest absolute Gasteiger partial charge is 0.359 e. The van der Waals surface area contributed by atoms with Crippen molar-refractivity contribution in [1.29, 1.82) is 0 Å². The molecule has 0 amide bonds. The Morgan fingerprint density at radius 2 is 2.11 bits per heavy atom. The summed E-state index contributed by atoms with van der Waals surface area (Å²) >= 11 is 0. The lowest BCUT2D eigenvalue weighted by Gasteiger charge is -2.08. The maximum absolute atomic E-state index is 13.8. The monoisotopic (exact) mass is 268 g/mol. The van der Waals surface area contributed by atoms with Gasteiger partial charge in [0, 0.05) is 40.1 Å². The van der Waals surface area contributed by atoms with Crippen molar-refractivity contribution in [3.63, 3.8) is 0 Å². The maximum Gasteiger partial charge on any atom is 0.148 e. The summed E-state index contributed by atoms with van der Waals surface area (Å²) in [7, 11) is 2.84. The first-order valence-corrected chi connectivity index (χ1v) is 7.32. The van der Waals surface area contributed by atoms with Crippen LogP contribution in [-0.2, 0) is 17.2 Å². The van der Waals surface area contributed by atoms with Gasteiger partial charge >= 0.3 is 0 Å². The van der Waals surface area contributed by atoms with Crippen LogP contribution in [0.1, 0.15) is 5.56 Å². The van der Waals surface area contributed by atoms with E-state index in [1.807, 2.05) is 26.4 Å². The van der Waals surface area contributed by atoms with Crippen LogP contribution in [0.5, 0.6) is 0 Å². The molecule has 1 atom stereocenters. The molecule has 0 radical (unpaired) electrons. The molecule has 0 saturated heterocycles. The highest BCUT2D eigenvalue weighted by Gasteiger charge is 2.11. The van der Waals surface area contributed by atoms with Gasteiger partial charge in [-0.25, -0.2) is 4.39 Å². The number of halogens is 1. The minimum Gasteiger partial charge on any atom is -0.359 e. The molecule has 1 unspecified atom stereocenters. The summed E-state index contributed by atoms with van der Waals surface area (Å²) in [6.07, 6.45) is 4.23. The van der Waals surface area contributed by atoms with E-state index >= 15 is 0 Å². The predicted octanol–water partition coefficient (Wildman–Crippen LogP) is 2.15. The zero-order chi connectivity index (χ0) is 13.3. The quantitative estimate of drug-likeness (QED) is 0.922. The molecule has 0 spiro atoms. The second-order valence-corrected chi connectivity index (χ2v) is 6.03. The third-order valence-electron chi connectivity index (χ3n) is 2.96. The lowest BCUT2D eigenvalue weighted by Crippen LogP contribution is -2.14. The number of likely N-dealkylation sites (N-methyl/N-ethyl adjacent to an activating group) is 1. The number of benzene rings is 1. The van der Waals surface area contributed by atoms with Gasteiger partial charge in [0.05, 0.1) is 5.52 Å². The Hall–Kier alpha value is -1.20. The number of fused-ring (bicyclic) bond motifs is 1. The van der Waals surface area contributed by atoms with Gasteiger partial charge in [-0.3, -0.25) is 4.21 Å². The standard InChI is InChI=1S/C13H17FN2OS/c1-16(2)5-4-9-8-15-13-11(9)6-10(18(3)17)7-12(13)14/h6-8,15H,4-5H2,1-3H3. The molecule has 2 rings (SSSR count). The minimum absolute atomic E-state index is 0.339. The van der Waals surface area contributed by atoms with Crippen LogP contribution in [0, 0.1) is 5.82 Å². The number of hydrogen-bond acceptors (Lipinski definition) is 2. The number of aromatic nitrogens is 1. The molecule has 0 fully saturated rings. The molecule has 0 aliphatic rings. The van der Waals surface area contributed by atoms with E-state index in [4.69, 9.17) is 0 Å². The van der Waals surface area contributed by atoms with Crippen LogP contribution in [0.25, 0.3) is 10.9 Å². The number of nitrogens with one attached hydrogen (secondary N) is 1. The van der Waals surface area contributed by atoms with Crippen LogP contribution in [-0.4, -0.2) is 41.0 Å². The highest BCUT2D eigenvalue weighted by atomic mass is 32.2. The number of nitrogens with zero attached hydrogens (tertiary/aromatic N) is 1. The molecular weight excluding hydrogens is 251 g/mol. The van der Waals surface area contributed by atoms with Crippen molar-refractivity contribution in [1.82, 2.24) is 9.88 Å². The van der Waals surface area contributed by atoms with E-state index in [1.54, 1.807) is 6.26 Å². The van der Waals surface area contributed by atoms with E-state index in [2.05, 4.69) is 9.88 Å². The molecule has 18 heavy (non-hydrogen) atoms. The molecule has 0 bridgehead atoms. The molecule has 1 heterocycles. The molecule has 3 nitrogen and oxygen atoms in total. The van der Waals surface area contributed by atoms with Crippen molar-refractivity contribution in [2.75, 3.05) is 26.9 Å². The number of H-pyrrole nitrogens is 1. The molecule has 2 aromatic rings. The Morgan fingerprint density at radius 1 is 1.39 bits per heavy atom. The van der Waals surface area contributed by atoms with Crippen LogP contribution < -0.4 is 0 Å². The Labute approximate surface area is 108 Å². The fraction of sp³-hybridized carbons (Fsp3) is 0.385. The predicted molar refractivity (Wildman–Crippen MR) is 72.8 cm³/mol. The molecule has 1 aromatic carbocycles. The van der Waals surface area contributed by atoms with Gasteiger partial charge in [0.2, 0.25) is 0 Å². The van der Waals surface area contributed by atoms with Gasteiger partial charge in [-0.15, -0.1) is 0 Å². The van der Waals surface area contributed by atoms with Gasteiger partial charge in [-0.05, 0) is 38.2 Å². The number of rotatable bonds is 4. The van der Waals surface area contributed by atoms with Gasteiger partial charge < -0.3 is 9.88 Å². The lowest BCUT2D eigenvalue weighted by molar-refractivity contribution is 0.414. The highest BCUT2D eigenvalue weighted by Crippen LogP contribution is 2.24. The third kappa shape index (κ3) is 2.62. The summed E-state index contributed by atoms with van der Waals surface area (Å²) in [6, 6.07) is 3.15. The molecule has 0 saturated carbocycles. The zero-order valence-corrected chi connectivity index (χ0v) is 11.6. The fourth-order valence-electron chi connectivity index (χ4n) is 1.94. The summed E-state index contributed by atoms with van der Waals surface area (Å²) < 4.78 is 25.3. The summed E-state index contributed by atoms with van der Waals surface area (Å²) in [4.78, 5) is 5.57. The van der Waals surface area contributed by atoms with Gasteiger partial charge in [0.25, 0.3) is 0 Å². The van der Waals surface area contributed by atoms with E-state index in [0.717, 1.165) is 23.9 Å². The van der Waals surface area contributed by atoms with Crippen LogP contribution >= 0.6 is 0 Å². The normalized spacial score (nSPS) is 13.4. The van der Waals surface area contributed by atoms with E-state index in [1.165, 1.54) is 6.07 Å². The van der Waals surface area contributed by atoms with Crippen molar-refractivity contribution in [3.8, 4) is 0 Å². The number of hydrogen-bond donors (Lipinski definition) is 1. The van der Waals surface area contributed by atoms with Crippen molar-refractivity contribution in [2.45, 2.75) is 11.3 Å². The van der Waals surface area contributed by atoms with Crippen molar-refractivity contribution in [3.05, 3.63) is 29.7 Å². The smallest absolute Gasteiger partial charge is 0.148 e. The van der Waals surface area contributed by atoms with Crippen LogP contribution in [0.3, 0.4) is 0 Å². The Kier molecular flexibility index (Phi) is 3.82. The Balaban J connectivity index is 2.46. The van der Waals surface area contributed by atoms with Gasteiger partial charge in [-0.2, -0.15) is 0 Å². The van der Waals surface area contributed by atoms with Gasteiger partial charge in [-0.1, -0.05) is 0 Å². The van der Waals surface area contributed by atoms with E-state index in [0.29, 0.717) is 10.4 Å². The average Bonchev–Trinajstić information content (AvgIpc) is 2.69. The summed E-state index contributed by atoms with van der Waals surface area (Å²) in [5, 5.41) is 0.835. The van der Waals surface area contributed by atoms with Crippen LogP contribution in [0.4, 0.5) is 4.39 Å². The SMILES string of the molecule is CN(C)CCc1c[nH]c2c(F)cc(S(C)=O)cc12. The third-order valence-corrected chi connectivity index (χ3v) is 3.86. The number of aromatic amines is 1. The minimum atomic E-state index is -1.16. The van der Waals surface area contributed by atoms with Crippen molar-refractivity contribution >= 4 is 21.7 Å². The van der Waals surface area contributed by atoms with E-state index in [-0.39, 0.29) is 5.82 Å². The molecule has 1 N–H and O–H groups in total. The topological polar surface area (TPSA) is 36.1 Å². The van der Waals surface area contributed by atoms with Crippen molar-refractivity contribution < 1.29 is 8.60 Å². The van der Waals surface area contributed by atoms with E-state index < -0.39 is 10.8 Å². The summed E-state index contributed by atoms with van der Waals surface area (Å²) in [5.74, 6) is -0.339. The summed E-state index contributed by atoms with van der Waals surface area (Å²) in [6.45, 7) is 0.897. The van der Waals surface area contributed by atoms with Crippen LogP contribution in [0.15, 0.2) is 23.2 Å². The highest BCUT2D eigenvalue weighted by molar-refractivity contribution is 7.84. The fourth-order valence-corrected chi connectivity index (χ4v) is 2.49. The molecule has 5 heteroatoms. The first-order valence-electron chi connectivity index (χ1n) is 5.76. The van der Waals surface area contributed by atoms with E-state index in [9.17, 15) is 8.60 Å². The Morgan fingerprint density at radius 3 is 2.72 bits per heavy atom. The molecule has 1 aromatic heterocycles. The van der Waals surface area contributed by atoms with Gasteiger partial charge in [0.1, 0.15) is 5.82 Å².